The maximum absolute atomic E-state index is 13.4. The molecule has 0 radical (unpaired) electrons. The van der Waals surface area contributed by atoms with Crippen LogP contribution < -0.4 is 4.74 Å². The summed E-state index contributed by atoms with van der Waals surface area (Å²) in [5.41, 5.74) is -1.60. The first-order valence-corrected chi connectivity index (χ1v) is 9.79. The topological polar surface area (TPSA) is 90.9 Å². The van der Waals surface area contributed by atoms with Crippen LogP contribution in [0.15, 0.2) is 18.2 Å². The van der Waals surface area contributed by atoms with Crippen molar-refractivity contribution >= 4 is 12.1 Å². The Hall–Kier alpha value is -3.44. The second-order valence-corrected chi connectivity index (χ2v) is 8.16. The summed E-state index contributed by atoms with van der Waals surface area (Å²) in [7, 11) is 1.08. The van der Waals surface area contributed by atoms with Gasteiger partial charge in [0.2, 0.25) is 11.7 Å². The van der Waals surface area contributed by atoms with Gasteiger partial charge in [-0.3, -0.25) is 0 Å². The van der Waals surface area contributed by atoms with Gasteiger partial charge in [0.25, 0.3) is 0 Å². The highest BCUT2D eigenvalue weighted by Crippen LogP contribution is 2.39. The van der Waals surface area contributed by atoms with Gasteiger partial charge in [-0.1, -0.05) is 0 Å². The maximum atomic E-state index is 13.4. The molecule has 1 amide bonds. The second kappa shape index (κ2) is 8.83. The van der Waals surface area contributed by atoms with Crippen molar-refractivity contribution in [2.24, 2.45) is 0 Å². The van der Waals surface area contributed by atoms with E-state index in [2.05, 4.69) is 14.7 Å². The van der Waals surface area contributed by atoms with Crippen LogP contribution in [0.4, 0.5) is 22.4 Å². The smallest absolute Gasteiger partial charge is 0.420 e. The van der Waals surface area contributed by atoms with Crippen LogP contribution in [0.25, 0.3) is 0 Å². The minimum absolute atomic E-state index is 0.0946. The number of benzene rings is 1. The lowest BCUT2D eigenvalue weighted by Crippen LogP contribution is -2.40. The number of methoxy groups -OCH3 is 1. The summed E-state index contributed by atoms with van der Waals surface area (Å²) in [4.78, 5) is 33.8. The summed E-state index contributed by atoms with van der Waals surface area (Å²) >= 11 is 0. The van der Waals surface area contributed by atoms with Gasteiger partial charge in [-0.15, -0.1) is 0 Å². The van der Waals surface area contributed by atoms with Crippen molar-refractivity contribution in [2.45, 2.75) is 45.5 Å². The van der Waals surface area contributed by atoms with Crippen molar-refractivity contribution < 1.29 is 41.4 Å². The first-order valence-electron chi connectivity index (χ1n) is 9.79. The number of esters is 1. The number of carbonyl (C=O) groups is 2. The Morgan fingerprint density at radius 2 is 1.82 bits per heavy atom. The number of nitrogens with zero attached hydrogens (tertiary/aromatic N) is 3. The molecule has 0 atom stereocenters. The van der Waals surface area contributed by atoms with E-state index in [0.29, 0.717) is 11.6 Å². The van der Waals surface area contributed by atoms with Gasteiger partial charge in [-0.05, 0) is 45.4 Å². The number of fused-ring (bicyclic) bond motifs is 1. The maximum Gasteiger partial charge on any atom is 0.420 e. The van der Waals surface area contributed by atoms with Crippen molar-refractivity contribution in [3.05, 3.63) is 46.7 Å². The quantitative estimate of drug-likeness (QED) is 0.481. The van der Waals surface area contributed by atoms with Crippen LogP contribution in [0.3, 0.4) is 0 Å². The molecule has 0 saturated carbocycles. The Balaban J connectivity index is 2.02. The molecule has 0 spiro atoms. The van der Waals surface area contributed by atoms with E-state index in [4.69, 9.17) is 9.47 Å². The molecule has 0 saturated heterocycles. The average Bonchev–Trinajstić information content (AvgIpc) is 2.71. The van der Waals surface area contributed by atoms with Gasteiger partial charge in [-0.2, -0.15) is 18.2 Å². The summed E-state index contributed by atoms with van der Waals surface area (Å²) in [6, 6.07) is 1.93. The van der Waals surface area contributed by atoms with Crippen LogP contribution in [-0.4, -0.2) is 46.2 Å². The predicted octanol–water partition coefficient (Wildman–Crippen LogP) is 4.51. The first kappa shape index (κ1) is 24.2. The fourth-order valence-electron chi connectivity index (χ4n) is 3.06. The number of alkyl halides is 3. The van der Waals surface area contributed by atoms with Crippen LogP contribution in [0.5, 0.6) is 11.6 Å². The van der Waals surface area contributed by atoms with Gasteiger partial charge in [0.1, 0.15) is 22.7 Å². The zero-order valence-corrected chi connectivity index (χ0v) is 18.2. The average molecular weight is 471 g/mol. The molecule has 2 aromatic rings. The lowest BCUT2D eigenvalue weighted by atomic mass is 10.1. The van der Waals surface area contributed by atoms with Crippen LogP contribution in [0.2, 0.25) is 0 Å². The third-order valence-electron chi connectivity index (χ3n) is 4.50. The lowest BCUT2D eigenvalue weighted by Gasteiger charge is -2.31. The number of ether oxygens (including phenoxy) is 3. The second-order valence-electron chi connectivity index (χ2n) is 8.16. The number of carbonyl (C=O) groups excluding carboxylic acids is 2. The summed E-state index contributed by atoms with van der Waals surface area (Å²) < 4.78 is 69.0. The molecule has 0 bridgehead atoms. The summed E-state index contributed by atoms with van der Waals surface area (Å²) in [5.74, 6) is -3.53. The zero-order chi connectivity index (χ0) is 24.6. The molecular weight excluding hydrogens is 450 g/mol. The van der Waals surface area contributed by atoms with Gasteiger partial charge < -0.3 is 19.1 Å². The minimum Gasteiger partial charge on any atom is -0.463 e. The number of rotatable bonds is 3. The monoisotopic (exact) mass is 471 g/mol. The molecule has 33 heavy (non-hydrogen) atoms. The van der Waals surface area contributed by atoms with Crippen molar-refractivity contribution in [1.82, 2.24) is 14.9 Å². The third-order valence-corrected chi connectivity index (χ3v) is 4.50. The third kappa shape index (κ3) is 5.68. The number of hydrogen-bond acceptors (Lipinski definition) is 7. The Bertz CT molecular complexity index is 1080. The van der Waals surface area contributed by atoms with Crippen LogP contribution in [-0.2, 0) is 28.6 Å². The molecule has 0 unspecified atom stereocenters. The normalized spacial score (nSPS) is 13.9. The van der Waals surface area contributed by atoms with Gasteiger partial charge in [0.15, 0.2) is 0 Å². The molecule has 1 aromatic heterocycles. The number of halogens is 4. The number of aromatic nitrogens is 2. The zero-order valence-electron chi connectivity index (χ0n) is 18.2. The SMILES string of the molecule is COC(=O)c1nc2c(c(Oc3ccc(F)cc3C(F)(F)F)n1)CCN(C(=O)OC(C)(C)C)C2. The molecule has 12 heteroatoms. The van der Waals surface area contributed by atoms with E-state index in [0.717, 1.165) is 19.2 Å². The van der Waals surface area contributed by atoms with E-state index in [1.807, 2.05) is 0 Å². The van der Waals surface area contributed by atoms with E-state index < -0.39 is 46.8 Å². The summed E-state index contributed by atoms with van der Waals surface area (Å²) in [6.07, 6.45) is -5.40. The Kier molecular flexibility index (Phi) is 6.48. The van der Waals surface area contributed by atoms with Crippen LogP contribution >= 0.6 is 0 Å². The van der Waals surface area contributed by atoms with Crippen LogP contribution in [0.1, 0.15) is 48.2 Å². The Morgan fingerprint density at radius 3 is 2.42 bits per heavy atom. The Labute approximate surface area is 186 Å². The highest BCUT2D eigenvalue weighted by Gasteiger charge is 2.36. The first-order chi connectivity index (χ1) is 15.3. The van der Waals surface area contributed by atoms with Crippen molar-refractivity contribution in [3.63, 3.8) is 0 Å². The van der Waals surface area contributed by atoms with E-state index in [1.54, 1.807) is 20.8 Å². The molecule has 1 aliphatic rings. The fourth-order valence-corrected chi connectivity index (χ4v) is 3.06. The van der Waals surface area contributed by atoms with Crippen LogP contribution in [0, 0.1) is 5.82 Å². The molecule has 3 rings (SSSR count). The largest absolute Gasteiger partial charge is 0.463 e. The summed E-state index contributed by atoms with van der Waals surface area (Å²) in [5, 5.41) is 0. The van der Waals surface area contributed by atoms with Gasteiger partial charge in [-0.25, -0.2) is 19.0 Å². The molecule has 1 aromatic carbocycles. The molecule has 0 aliphatic carbocycles. The van der Waals surface area contributed by atoms with Crippen molar-refractivity contribution in [1.29, 1.82) is 0 Å². The summed E-state index contributed by atoms with van der Waals surface area (Å²) in [6.45, 7) is 5.16. The van der Waals surface area contributed by atoms with Gasteiger partial charge in [0, 0.05) is 12.1 Å². The van der Waals surface area contributed by atoms with E-state index >= 15 is 0 Å². The highest BCUT2D eigenvalue weighted by atomic mass is 19.4. The minimum atomic E-state index is -4.90. The number of hydrogen-bond donors (Lipinski definition) is 0. The fraction of sp³-hybridized carbons (Fsp3) is 0.429. The molecule has 8 nitrogen and oxygen atoms in total. The van der Waals surface area contributed by atoms with Crippen molar-refractivity contribution in [2.75, 3.05) is 13.7 Å². The molecular formula is C21H21F4N3O5. The van der Waals surface area contributed by atoms with Gasteiger partial charge in [0.05, 0.1) is 19.3 Å². The molecule has 0 fully saturated rings. The highest BCUT2D eigenvalue weighted by molar-refractivity contribution is 5.85. The Morgan fingerprint density at radius 1 is 1.12 bits per heavy atom. The molecule has 2 heterocycles. The molecule has 178 valence electrons. The van der Waals surface area contributed by atoms with E-state index in [1.165, 1.54) is 4.90 Å². The van der Waals surface area contributed by atoms with Crippen molar-refractivity contribution in [3.8, 4) is 11.6 Å². The van der Waals surface area contributed by atoms with E-state index in [-0.39, 0.29) is 31.1 Å². The standard InChI is InChI=1S/C21H21F4N3O5/c1-20(2,3)33-19(30)28-8-7-12-14(10-28)26-16(18(29)31-4)27-17(12)32-15-6-5-11(22)9-13(15)21(23,24)25/h5-6,9H,7-8,10H2,1-4H3. The molecule has 1 aliphatic heterocycles. The number of amides is 1. The van der Waals surface area contributed by atoms with Gasteiger partial charge >= 0.3 is 18.2 Å². The lowest BCUT2D eigenvalue weighted by molar-refractivity contribution is -0.138. The van der Waals surface area contributed by atoms with E-state index in [9.17, 15) is 27.2 Å². The predicted molar refractivity (Wildman–Crippen MR) is 105 cm³/mol. The molecule has 0 N–H and O–H groups in total.